The van der Waals surface area contributed by atoms with Gasteiger partial charge in [0.15, 0.2) is 0 Å². The highest BCUT2D eigenvalue weighted by Crippen LogP contribution is 2.30. The lowest BCUT2D eigenvalue weighted by Gasteiger charge is -2.31. The Bertz CT molecular complexity index is 836. The Morgan fingerprint density at radius 2 is 2.12 bits per heavy atom. The molecule has 0 aromatic carbocycles. The average Bonchev–Trinajstić information content (AvgIpc) is 2.75. The number of amides is 2. The van der Waals surface area contributed by atoms with E-state index in [2.05, 4.69) is 9.01 Å². The van der Waals surface area contributed by atoms with E-state index in [0.29, 0.717) is 5.06 Å². The van der Waals surface area contributed by atoms with E-state index in [0.717, 1.165) is 9.21 Å². The van der Waals surface area contributed by atoms with Crippen LogP contribution in [0.1, 0.15) is 19.3 Å². The van der Waals surface area contributed by atoms with Crippen LogP contribution in [0.3, 0.4) is 0 Å². The molecule has 0 spiro atoms. The van der Waals surface area contributed by atoms with Gasteiger partial charge in [0, 0.05) is 26.6 Å². The predicted octanol–water partition coefficient (Wildman–Crippen LogP) is -1.35. The van der Waals surface area contributed by atoms with Crippen molar-refractivity contribution in [3.63, 3.8) is 0 Å². The molecule has 2 fully saturated rings. The van der Waals surface area contributed by atoms with E-state index < -0.39 is 44.6 Å². The number of carbonyl (C=O) groups is 1. The highest BCUT2D eigenvalue weighted by molar-refractivity contribution is 7.87. The van der Waals surface area contributed by atoms with Crippen LogP contribution < -0.4 is 4.72 Å². The summed E-state index contributed by atoms with van der Waals surface area (Å²) in [5.74, 6) is -0.464. The summed E-state index contributed by atoms with van der Waals surface area (Å²) in [5.41, 5.74) is 0. The molecule has 26 heavy (non-hydrogen) atoms. The number of nitrogens with zero attached hydrogens (tertiary/aromatic N) is 4. The number of fused-ring (bicyclic) bond motifs is 2. The molecule has 2 aliphatic heterocycles. The van der Waals surface area contributed by atoms with Crippen LogP contribution in [0.5, 0.6) is 0 Å². The van der Waals surface area contributed by atoms with E-state index in [1.165, 1.54) is 7.05 Å². The van der Waals surface area contributed by atoms with Gasteiger partial charge in [0.05, 0.1) is 18.2 Å². The number of nitrogens with one attached hydrogen (secondary N) is 2. The number of hydroxylamine groups is 2. The van der Waals surface area contributed by atoms with E-state index in [1.54, 1.807) is 0 Å². The van der Waals surface area contributed by atoms with Gasteiger partial charge in [0.1, 0.15) is 5.84 Å². The molecule has 2 bridgehead atoms. The summed E-state index contributed by atoms with van der Waals surface area (Å²) in [7, 11) is -7.71. The molecule has 2 unspecified atom stereocenters. The maximum Gasteiger partial charge on any atom is 0.418 e. The van der Waals surface area contributed by atoms with Crippen molar-refractivity contribution in [3.05, 3.63) is 0 Å². The molecule has 0 radical (unpaired) electrons. The molecule has 2 rings (SSSR count). The zero-order valence-corrected chi connectivity index (χ0v) is 15.3. The van der Waals surface area contributed by atoms with Crippen LogP contribution in [0.15, 0.2) is 0 Å². The molecule has 3 N–H and O–H groups in total. The summed E-state index contributed by atoms with van der Waals surface area (Å²) in [5, 5.41) is 17.0. The Kier molecular flexibility index (Phi) is 5.73. The number of hydrogen-bond donors (Lipinski definition) is 3. The van der Waals surface area contributed by atoms with Gasteiger partial charge in [0.25, 0.3) is 0 Å². The van der Waals surface area contributed by atoms with Crippen molar-refractivity contribution in [1.29, 1.82) is 10.7 Å². The van der Waals surface area contributed by atoms with E-state index >= 15 is 0 Å². The Balaban J connectivity index is 2.08. The molecule has 2 saturated heterocycles. The Morgan fingerprint density at radius 1 is 1.46 bits per heavy atom. The number of amidine groups is 1. The first-order chi connectivity index (χ1) is 12.0. The summed E-state index contributed by atoms with van der Waals surface area (Å²) < 4.78 is 61.9. The van der Waals surface area contributed by atoms with Crippen molar-refractivity contribution in [2.24, 2.45) is 0 Å². The van der Waals surface area contributed by atoms with Crippen LogP contribution in [0, 0.1) is 16.7 Å². The van der Waals surface area contributed by atoms with Gasteiger partial charge in [-0.1, -0.05) is 0 Å². The van der Waals surface area contributed by atoms with E-state index in [4.69, 9.17) is 15.2 Å². The van der Waals surface area contributed by atoms with Gasteiger partial charge in [-0.15, -0.1) is 4.28 Å². The van der Waals surface area contributed by atoms with Crippen LogP contribution in [0.2, 0.25) is 0 Å². The van der Waals surface area contributed by atoms with Crippen molar-refractivity contribution in [1.82, 2.24) is 19.0 Å². The molecule has 2 atom stereocenters. The first kappa shape index (κ1) is 20.3. The zero-order valence-electron chi connectivity index (χ0n) is 13.7. The van der Waals surface area contributed by atoms with Gasteiger partial charge >= 0.3 is 26.6 Å². The smallest absolute Gasteiger partial charge is 0.310 e. The van der Waals surface area contributed by atoms with Gasteiger partial charge < -0.3 is 4.90 Å². The van der Waals surface area contributed by atoms with Crippen molar-refractivity contribution < 1.29 is 30.5 Å². The van der Waals surface area contributed by atoms with Gasteiger partial charge in [-0.3, -0.25) is 14.7 Å². The first-order valence-corrected chi connectivity index (χ1v) is 10.2. The standard InChI is InChI=1S/C11H18N6O7S2/c1-15(6-2-5-12)25(19,20)14-10(13)9-4-3-8-7-16(9)11(18)17(8)24-26(21,22)23/h8-9H,2-4,6-7H2,1H3,(H2,13,14)(H,21,22,23). The second-order valence-corrected chi connectivity index (χ2v) is 8.54. The van der Waals surface area contributed by atoms with Gasteiger partial charge in [-0.2, -0.15) is 31.5 Å². The molecule has 2 aliphatic rings. The number of hydrogen-bond acceptors (Lipinski definition) is 8. The Hall–Kier alpha value is -1.99. The second-order valence-electron chi connectivity index (χ2n) is 5.76. The summed E-state index contributed by atoms with van der Waals surface area (Å²) >= 11 is 0. The van der Waals surface area contributed by atoms with E-state index in [-0.39, 0.29) is 32.4 Å². The number of urea groups is 1. The fourth-order valence-electron chi connectivity index (χ4n) is 2.74. The summed E-state index contributed by atoms with van der Waals surface area (Å²) in [6.07, 6.45) is 0.421. The molecular formula is C11H18N6O7S2. The largest absolute Gasteiger partial charge is 0.418 e. The quantitative estimate of drug-likeness (QED) is 0.261. The molecule has 146 valence electrons. The third-order valence-corrected chi connectivity index (χ3v) is 5.85. The number of carbonyl (C=O) groups excluding carboxylic acids is 1. The highest BCUT2D eigenvalue weighted by atomic mass is 32.3. The van der Waals surface area contributed by atoms with Crippen molar-refractivity contribution in [3.8, 4) is 6.07 Å². The van der Waals surface area contributed by atoms with Crippen molar-refractivity contribution >= 4 is 32.5 Å². The van der Waals surface area contributed by atoms with Crippen LogP contribution in [0.4, 0.5) is 4.79 Å². The summed E-state index contributed by atoms with van der Waals surface area (Å²) in [6, 6.07) is -0.642. The van der Waals surface area contributed by atoms with Gasteiger partial charge in [0.2, 0.25) is 0 Å². The third-order valence-electron chi connectivity index (χ3n) is 4.02. The molecule has 2 amide bonds. The first-order valence-electron chi connectivity index (χ1n) is 7.42. The topological polar surface area (TPSA) is 184 Å². The van der Waals surface area contributed by atoms with Crippen molar-refractivity contribution in [2.45, 2.75) is 31.3 Å². The third kappa shape index (κ3) is 4.40. The minimum Gasteiger partial charge on any atom is -0.310 e. The normalized spacial score (nSPS) is 23.2. The van der Waals surface area contributed by atoms with Crippen molar-refractivity contribution in [2.75, 3.05) is 20.1 Å². The summed E-state index contributed by atoms with van der Waals surface area (Å²) in [6.45, 7) is -0.0438. The molecule has 15 heteroatoms. The Labute approximate surface area is 150 Å². The Morgan fingerprint density at radius 3 is 2.69 bits per heavy atom. The fourth-order valence-corrected chi connectivity index (χ4v) is 4.03. The van der Waals surface area contributed by atoms with Gasteiger partial charge in [-0.25, -0.2) is 4.79 Å². The number of piperidine rings is 1. The fraction of sp³-hybridized carbons (Fsp3) is 0.727. The molecule has 0 aliphatic carbocycles. The van der Waals surface area contributed by atoms with Crippen LogP contribution in [-0.4, -0.2) is 79.7 Å². The maximum atomic E-state index is 12.3. The monoisotopic (exact) mass is 410 g/mol. The lowest BCUT2D eigenvalue weighted by molar-refractivity contribution is -0.0316. The van der Waals surface area contributed by atoms with E-state index in [1.807, 2.05) is 6.07 Å². The predicted molar refractivity (Wildman–Crippen MR) is 86.0 cm³/mol. The number of rotatable bonds is 7. The molecular weight excluding hydrogens is 392 g/mol. The number of nitriles is 1. The molecule has 0 aromatic rings. The van der Waals surface area contributed by atoms with E-state index in [9.17, 15) is 21.6 Å². The lowest BCUT2D eigenvalue weighted by Crippen LogP contribution is -2.53. The lowest BCUT2D eigenvalue weighted by atomic mass is 10.0. The zero-order chi connectivity index (χ0) is 19.7. The second kappa shape index (κ2) is 7.32. The van der Waals surface area contributed by atoms with Crippen LogP contribution in [0.25, 0.3) is 0 Å². The molecule has 0 saturated carbocycles. The van der Waals surface area contributed by atoms with Crippen LogP contribution >= 0.6 is 0 Å². The SMILES string of the molecule is CN(CCC#N)S(=O)(=O)NC(=N)C1CCC2CN1C(=O)N2OS(=O)(=O)O. The summed E-state index contributed by atoms with van der Waals surface area (Å²) in [4.78, 5) is 13.3. The molecule has 2 heterocycles. The molecule has 0 aromatic heterocycles. The highest BCUT2D eigenvalue weighted by Gasteiger charge is 2.48. The van der Waals surface area contributed by atoms with Gasteiger partial charge in [-0.05, 0) is 12.8 Å². The average molecular weight is 410 g/mol. The minimum absolute atomic E-state index is 0.0212. The minimum atomic E-state index is -4.89. The molecule has 13 nitrogen and oxygen atoms in total. The van der Waals surface area contributed by atoms with Crippen LogP contribution in [-0.2, 0) is 24.9 Å². The maximum absolute atomic E-state index is 12.3.